The Kier molecular flexibility index (Phi) is 6.77. The Morgan fingerprint density at radius 3 is 2.65 bits per heavy atom. The van der Waals surface area contributed by atoms with Crippen LogP contribution < -0.4 is 20.5 Å². The Balaban J connectivity index is 1.44. The van der Waals surface area contributed by atoms with Crippen LogP contribution in [0.5, 0.6) is 5.75 Å². The first-order chi connectivity index (χ1) is 15.0. The number of hydrogen-bond acceptors (Lipinski definition) is 8. The van der Waals surface area contributed by atoms with Gasteiger partial charge in [0.25, 0.3) is 5.56 Å². The topological polar surface area (TPSA) is 89.3 Å². The molecule has 3 heterocycles. The molecule has 0 atom stereocenters. The molecule has 0 unspecified atom stereocenters. The number of thiazole rings is 1. The minimum absolute atomic E-state index is 0.125. The van der Waals surface area contributed by atoms with E-state index in [1.165, 1.54) is 34.1 Å². The number of carbonyl (C=O) groups is 1. The lowest BCUT2D eigenvalue weighted by Gasteiger charge is -2.25. The number of ether oxygens (including phenoxy) is 1. The summed E-state index contributed by atoms with van der Waals surface area (Å²) in [5.41, 5.74) is 1.03. The van der Waals surface area contributed by atoms with Gasteiger partial charge in [-0.05, 0) is 50.5 Å². The number of piperidine rings is 1. The molecule has 1 fully saturated rings. The van der Waals surface area contributed by atoms with Crippen molar-refractivity contribution in [1.29, 1.82) is 0 Å². The molecule has 0 saturated carbocycles. The number of aromatic nitrogens is 3. The molecule has 1 aliphatic heterocycles. The van der Waals surface area contributed by atoms with Gasteiger partial charge < -0.3 is 15.0 Å². The van der Waals surface area contributed by atoms with Crippen LogP contribution in [0, 0.1) is 0 Å². The van der Waals surface area contributed by atoms with Crippen molar-refractivity contribution < 1.29 is 9.53 Å². The van der Waals surface area contributed by atoms with E-state index in [-0.39, 0.29) is 17.2 Å². The quantitative estimate of drug-likeness (QED) is 0.427. The Morgan fingerprint density at radius 2 is 1.94 bits per heavy atom. The molecule has 10 heteroatoms. The predicted molar refractivity (Wildman–Crippen MR) is 126 cm³/mol. The zero-order valence-corrected chi connectivity index (χ0v) is 19.2. The molecule has 1 aromatic carbocycles. The number of anilines is 2. The number of nitrogens with zero attached hydrogens (tertiary/aromatic N) is 4. The van der Waals surface area contributed by atoms with Crippen molar-refractivity contribution in [2.24, 2.45) is 7.05 Å². The van der Waals surface area contributed by atoms with Crippen LogP contribution in [0.15, 0.2) is 34.2 Å². The van der Waals surface area contributed by atoms with Crippen LogP contribution in [0.25, 0.3) is 10.3 Å². The highest BCUT2D eigenvalue weighted by atomic mass is 32.2. The maximum atomic E-state index is 12.8. The van der Waals surface area contributed by atoms with Crippen LogP contribution in [0.3, 0.4) is 0 Å². The van der Waals surface area contributed by atoms with E-state index in [2.05, 4.69) is 20.2 Å². The first kappa shape index (κ1) is 21.6. The van der Waals surface area contributed by atoms with E-state index in [0.29, 0.717) is 27.8 Å². The lowest BCUT2D eigenvalue weighted by atomic mass is 10.1. The van der Waals surface area contributed by atoms with E-state index in [0.717, 1.165) is 36.8 Å². The summed E-state index contributed by atoms with van der Waals surface area (Å²) in [5.74, 6) is 0.729. The van der Waals surface area contributed by atoms with Gasteiger partial charge in [0.2, 0.25) is 5.91 Å². The molecule has 0 radical (unpaired) electrons. The first-order valence-electron chi connectivity index (χ1n) is 10.3. The molecular weight excluding hydrogens is 434 g/mol. The number of fused-ring (bicyclic) bond motifs is 1. The lowest BCUT2D eigenvalue weighted by Crippen LogP contribution is -2.29. The molecule has 1 amide bonds. The minimum atomic E-state index is -0.171. The minimum Gasteiger partial charge on any atom is -0.494 e. The average molecular weight is 460 g/mol. The van der Waals surface area contributed by atoms with Crippen LogP contribution in [0.1, 0.15) is 26.2 Å². The zero-order valence-electron chi connectivity index (χ0n) is 17.6. The summed E-state index contributed by atoms with van der Waals surface area (Å²) >= 11 is 2.63. The number of hydrogen-bond donors (Lipinski definition) is 1. The highest BCUT2D eigenvalue weighted by Gasteiger charge is 2.19. The molecule has 0 spiro atoms. The van der Waals surface area contributed by atoms with Crippen molar-refractivity contribution in [3.8, 4) is 5.75 Å². The largest absolute Gasteiger partial charge is 0.494 e. The third kappa shape index (κ3) is 5.01. The third-order valence-corrected chi connectivity index (χ3v) is 7.12. The van der Waals surface area contributed by atoms with Gasteiger partial charge in [-0.25, -0.2) is 4.98 Å². The average Bonchev–Trinajstić information content (AvgIpc) is 3.22. The zero-order chi connectivity index (χ0) is 21.8. The second kappa shape index (κ2) is 9.69. The molecule has 0 aliphatic carbocycles. The predicted octanol–water partition coefficient (Wildman–Crippen LogP) is 3.51. The van der Waals surface area contributed by atoms with Crippen molar-refractivity contribution in [1.82, 2.24) is 14.5 Å². The van der Waals surface area contributed by atoms with E-state index >= 15 is 0 Å². The van der Waals surface area contributed by atoms with Crippen LogP contribution in [0.4, 0.5) is 10.8 Å². The molecule has 1 aliphatic rings. The Labute approximate surface area is 188 Å². The molecule has 1 saturated heterocycles. The van der Waals surface area contributed by atoms with E-state index < -0.39 is 0 Å². The van der Waals surface area contributed by atoms with Gasteiger partial charge in [0.15, 0.2) is 15.9 Å². The second-order valence-electron chi connectivity index (χ2n) is 7.25. The maximum absolute atomic E-state index is 12.8. The molecular formula is C21H25N5O3S2. The van der Waals surface area contributed by atoms with Crippen molar-refractivity contribution in [3.05, 3.63) is 34.6 Å². The molecule has 164 valence electrons. The Morgan fingerprint density at radius 1 is 1.19 bits per heavy atom. The molecule has 4 rings (SSSR count). The van der Waals surface area contributed by atoms with Crippen LogP contribution in [-0.4, -0.2) is 45.9 Å². The summed E-state index contributed by atoms with van der Waals surface area (Å²) in [7, 11) is 1.68. The lowest BCUT2D eigenvalue weighted by molar-refractivity contribution is -0.113. The summed E-state index contributed by atoms with van der Waals surface area (Å²) in [6.07, 6.45) is 3.53. The van der Waals surface area contributed by atoms with Gasteiger partial charge in [-0.3, -0.25) is 14.2 Å². The fourth-order valence-corrected chi connectivity index (χ4v) is 5.19. The van der Waals surface area contributed by atoms with Crippen LogP contribution >= 0.6 is 23.1 Å². The monoisotopic (exact) mass is 459 g/mol. The summed E-state index contributed by atoms with van der Waals surface area (Å²) in [6.45, 7) is 4.45. The molecule has 2 aromatic heterocycles. The third-order valence-electron chi connectivity index (χ3n) is 4.99. The Bertz CT molecular complexity index is 1120. The number of amides is 1. The van der Waals surface area contributed by atoms with Crippen LogP contribution in [-0.2, 0) is 11.8 Å². The smallest absolute Gasteiger partial charge is 0.273 e. The summed E-state index contributed by atoms with van der Waals surface area (Å²) in [4.78, 5) is 36.6. The van der Waals surface area contributed by atoms with E-state index in [4.69, 9.17) is 4.74 Å². The molecule has 0 bridgehead atoms. The van der Waals surface area contributed by atoms with Gasteiger partial charge in [-0.15, -0.1) is 0 Å². The number of nitrogens with one attached hydrogen (secondary N) is 1. The highest BCUT2D eigenvalue weighted by Crippen LogP contribution is 2.29. The highest BCUT2D eigenvalue weighted by molar-refractivity contribution is 7.99. The van der Waals surface area contributed by atoms with Gasteiger partial charge in [0, 0.05) is 25.8 Å². The summed E-state index contributed by atoms with van der Waals surface area (Å²) in [5, 5.41) is 4.19. The van der Waals surface area contributed by atoms with Gasteiger partial charge in [0.1, 0.15) is 10.4 Å². The normalized spacial score (nSPS) is 14.1. The fourth-order valence-electron chi connectivity index (χ4n) is 3.40. The van der Waals surface area contributed by atoms with Crippen LogP contribution in [0.2, 0.25) is 0 Å². The number of carbonyl (C=O) groups excluding carboxylic acids is 1. The van der Waals surface area contributed by atoms with E-state index in [9.17, 15) is 9.59 Å². The summed E-state index contributed by atoms with van der Waals surface area (Å²) in [6, 6.07) is 7.22. The van der Waals surface area contributed by atoms with E-state index in [1.54, 1.807) is 19.2 Å². The van der Waals surface area contributed by atoms with Crippen molar-refractivity contribution >= 4 is 50.2 Å². The van der Waals surface area contributed by atoms with Gasteiger partial charge >= 0.3 is 0 Å². The molecule has 8 nitrogen and oxygen atoms in total. The number of benzene rings is 1. The number of rotatable bonds is 7. The second-order valence-corrected chi connectivity index (χ2v) is 9.17. The molecule has 31 heavy (non-hydrogen) atoms. The first-order valence-corrected chi connectivity index (χ1v) is 12.1. The molecule has 1 N–H and O–H groups in total. The van der Waals surface area contributed by atoms with E-state index in [1.807, 2.05) is 19.1 Å². The maximum Gasteiger partial charge on any atom is 0.273 e. The molecule has 3 aromatic rings. The SMILES string of the molecule is CCOc1ccc(NC(=O)CSc2nc3nc(N4CCCCC4)sc3c(=O)n2C)cc1. The summed E-state index contributed by atoms with van der Waals surface area (Å²) < 4.78 is 7.46. The van der Waals surface area contributed by atoms with Crippen molar-refractivity contribution in [2.45, 2.75) is 31.3 Å². The van der Waals surface area contributed by atoms with Gasteiger partial charge in [-0.2, -0.15) is 4.98 Å². The van der Waals surface area contributed by atoms with Gasteiger partial charge in [-0.1, -0.05) is 23.1 Å². The standard InChI is InChI=1S/C21H25N5O3S2/c1-3-29-15-9-7-14(8-10-15)22-16(27)13-30-20-23-18-17(19(28)25(20)2)31-21(24-18)26-11-5-4-6-12-26/h7-10H,3-6,11-13H2,1-2H3,(H,22,27). The number of thioether (sulfide) groups is 1. The van der Waals surface area contributed by atoms with Crippen molar-refractivity contribution in [3.63, 3.8) is 0 Å². The van der Waals surface area contributed by atoms with Crippen molar-refractivity contribution in [2.75, 3.05) is 35.7 Å². The fraction of sp³-hybridized carbons (Fsp3) is 0.429. The Hall–Kier alpha value is -2.59. The van der Waals surface area contributed by atoms with Gasteiger partial charge in [0.05, 0.1) is 12.4 Å².